The van der Waals surface area contributed by atoms with Crippen LogP contribution in [0.5, 0.6) is 5.75 Å². The van der Waals surface area contributed by atoms with Gasteiger partial charge in [0.15, 0.2) is 6.04 Å². The van der Waals surface area contributed by atoms with E-state index in [1.807, 2.05) is 30.3 Å². The number of anilines is 2. The van der Waals surface area contributed by atoms with E-state index in [9.17, 15) is 4.79 Å². The van der Waals surface area contributed by atoms with Gasteiger partial charge in [0.1, 0.15) is 5.75 Å². The standard InChI is InChI=1S/C16H18N2O3/c1-20-14-10-12(8-9-13(14)17)18-15(16(19)21-2)11-6-4-3-5-7-11/h3-10,15,18H,17H2,1-2H3. The zero-order valence-corrected chi connectivity index (χ0v) is 12.0. The molecular weight excluding hydrogens is 268 g/mol. The number of ether oxygens (including phenoxy) is 2. The van der Waals surface area contributed by atoms with Gasteiger partial charge in [-0.15, -0.1) is 0 Å². The van der Waals surface area contributed by atoms with Crippen molar-refractivity contribution in [3.8, 4) is 5.75 Å². The molecule has 2 rings (SSSR count). The van der Waals surface area contributed by atoms with E-state index in [0.29, 0.717) is 11.4 Å². The summed E-state index contributed by atoms with van der Waals surface area (Å²) in [6.45, 7) is 0. The summed E-state index contributed by atoms with van der Waals surface area (Å²) < 4.78 is 10.0. The van der Waals surface area contributed by atoms with Gasteiger partial charge < -0.3 is 20.5 Å². The fourth-order valence-electron chi connectivity index (χ4n) is 2.01. The van der Waals surface area contributed by atoms with Crippen molar-refractivity contribution in [1.82, 2.24) is 0 Å². The summed E-state index contributed by atoms with van der Waals surface area (Å²) in [6.07, 6.45) is 0. The number of esters is 1. The maximum atomic E-state index is 12.0. The van der Waals surface area contributed by atoms with Crippen LogP contribution in [-0.4, -0.2) is 20.2 Å². The van der Waals surface area contributed by atoms with Crippen molar-refractivity contribution in [2.24, 2.45) is 0 Å². The lowest BCUT2D eigenvalue weighted by molar-refractivity contribution is -0.141. The first kappa shape index (κ1) is 14.7. The van der Waals surface area contributed by atoms with Gasteiger partial charge in [0.25, 0.3) is 0 Å². The van der Waals surface area contributed by atoms with Gasteiger partial charge in [-0.1, -0.05) is 30.3 Å². The van der Waals surface area contributed by atoms with Crippen molar-refractivity contribution < 1.29 is 14.3 Å². The Hall–Kier alpha value is -2.69. The Kier molecular flexibility index (Phi) is 4.66. The van der Waals surface area contributed by atoms with E-state index in [1.54, 1.807) is 25.3 Å². The van der Waals surface area contributed by atoms with E-state index in [0.717, 1.165) is 11.3 Å². The molecule has 21 heavy (non-hydrogen) atoms. The molecule has 0 aliphatic rings. The Morgan fingerprint density at radius 2 is 1.86 bits per heavy atom. The highest BCUT2D eigenvalue weighted by molar-refractivity contribution is 5.81. The lowest BCUT2D eigenvalue weighted by Crippen LogP contribution is -2.22. The fourth-order valence-corrected chi connectivity index (χ4v) is 2.01. The number of carbonyl (C=O) groups excluding carboxylic acids is 1. The van der Waals surface area contributed by atoms with Crippen LogP contribution in [0.25, 0.3) is 0 Å². The van der Waals surface area contributed by atoms with Gasteiger partial charge >= 0.3 is 5.97 Å². The van der Waals surface area contributed by atoms with Crippen LogP contribution in [0.2, 0.25) is 0 Å². The molecule has 2 aromatic carbocycles. The van der Waals surface area contributed by atoms with E-state index >= 15 is 0 Å². The SMILES string of the molecule is COC(=O)C(Nc1ccc(N)c(OC)c1)c1ccccc1. The number of methoxy groups -OCH3 is 2. The largest absolute Gasteiger partial charge is 0.495 e. The molecule has 5 nitrogen and oxygen atoms in total. The molecule has 0 aromatic heterocycles. The third kappa shape index (κ3) is 3.45. The van der Waals surface area contributed by atoms with Crippen LogP contribution in [-0.2, 0) is 9.53 Å². The van der Waals surface area contributed by atoms with Crippen molar-refractivity contribution in [2.75, 3.05) is 25.3 Å². The molecule has 2 aromatic rings. The fraction of sp³-hybridized carbons (Fsp3) is 0.188. The van der Waals surface area contributed by atoms with E-state index in [4.69, 9.17) is 15.2 Å². The smallest absolute Gasteiger partial charge is 0.332 e. The van der Waals surface area contributed by atoms with Crippen LogP contribution in [0.1, 0.15) is 11.6 Å². The number of hydrogen-bond donors (Lipinski definition) is 2. The van der Waals surface area contributed by atoms with Gasteiger partial charge in [0, 0.05) is 11.8 Å². The first-order valence-corrected chi connectivity index (χ1v) is 6.48. The van der Waals surface area contributed by atoms with Crippen molar-refractivity contribution in [3.63, 3.8) is 0 Å². The molecule has 0 saturated carbocycles. The molecule has 0 aliphatic carbocycles. The first-order chi connectivity index (χ1) is 10.2. The predicted octanol–water partition coefficient (Wildman–Crippen LogP) is 2.60. The van der Waals surface area contributed by atoms with Crippen LogP contribution in [0, 0.1) is 0 Å². The van der Waals surface area contributed by atoms with Crippen LogP contribution in [0.4, 0.5) is 11.4 Å². The molecule has 1 atom stereocenters. The third-order valence-electron chi connectivity index (χ3n) is 3.11. The van der Waals surface area contributed by atoms with E-state index in [1.165, 1.54) is 7.11 Å². The lowest BCUT2D eigenvalue weighted by Gasteiger charge is -2.18. The number of nitrogens with two attached hydrogens (primary N) is 1. The molecule has 110 valence electrons. The minimum Gasteiger partial charge on any atom is -0.495 e. The molecular formula is C16H18N2O3. The molecule has 3 N–H and O–H groups in total. The van der Waals surface area contributed by atoms with Gasteiger partial charge in [-0.25, -0.2) is 4.79 Å². The zero-order valence-electron chi connectivity index (χ0n) is 12.0. The molecule has 0 fully saturated rings. The van der Waals surface area contributed by atoms with Gasteiger partial charge in [0.2, 0.25) is 0 Å². The highest BCUT2D eigenvalue weighted by atomic mass is 16.5. The number of rotatable bonds is 5. The first-order valence-electron chi connectivity index (χ1n) is 6.48. The number of nitrogen functional groups attached to an aromatic ring is 1. The van der Waals surface area contributed by atoms with E-state index < -0.39 is 6.04 Å². The number of benzene rings is 2. The van der Waals surface area contributed by atoms with E-state index in [-0.39, 0.29) is 5.97 Å². The average molecular weight is 286 g/mol. The van der Waals surface area contributed by atoms with Gasteiger partial charge in [-0.05, 0) is 17.7 Å². The summed E-state index contributed by atoms with van der Waals surface area (Å²) in [5.41, 5.74) is 7.86. The molecule has 0 amide bonds. The Labute approximate surface area is 123 Å². The maximum absolute atomic E-state index is 12.0. The van der Waals surface area contributed by atoms with Crippen LogP contribution >= 0.6 is 0 Å². The second kappa shape index (κ2) is 6.65. The van der Waals surface area contributed by atoms with E-state index in [2.05, 4.69) is 5.32 Å². The highest BCUT2D eigenvalue weighted by Gasteiger charge is 2.21. The summed E-state index contributed by atoms with van der Waals surface area (Å²) in [6, 6.07) is 14.0. The minimum atomic E-state index is -0.593. The van der Waals surface area contributed by atoms with Crippen molar-refractivity contribution in [1.29, 1.82) is 0 Å². The third-order valence-corrected chi connectivity index (χ3v) is 3.11. The second-order valence-electron chi connectivity index (χ2n) is 4.47. The number of hydrogen-bond acceptors (Lipinski definition) is 5. The minimum absolute atomic E-state index is 0.364. The van der Waals surface area contributed by atoms with Gasteiger partial charge in [-0.2, -0.15) is 0 Å². The van der Waals surface area contributed by atoms with Crippen LogP contribution in [0.15, 0.2) is 48.5 Å². The van der Waals surface area contributed by atoms with Crippen molar-refractivity contribution >= 4 is 17.3 Å². The maximum Gasteiger partial charge on any atom is 0.332 e. The van der Waals surface area contributed by atoms with Crippen molar-refractivity contribution in [3.05, 3.63) is 54.1 Å². The summed E-state index contributed by atoms with van der Waals surface area (Å²) in [4.78, 5) is 12.0. The predicted molar refractivity (Wildman–Crippen MR) is 82.2 cm³/mol. The zero-order chi connectivity index (χ0) is 15.2. The van der Waals surface area contributed by atoms with Crippen LogP contribution in [0.3, 0.4) is 0 Å². The van der Waals surface area contributed by atoms with Gasteiger partial charge in [-0.3, -0.25) is 0 Å². The molecule has 0 radical (unpaired) electrons. The highest BCUT2D eigenvalue weighted by Crippen LogP contribution is 2.28. The molecule has 0 saturated heterocycles. The second-order valence-corrected chi connectivity index (χ2v) is 4.47. The Morgan fingerprint density at radius 1 is 1.14 bits per heavy atom. The quantitative estimate of drug-likeness (QED) is 0.653. The lowest BCUT2D eigenvalue weighted by atomic mass is 10.1. The Bertz CT molecular complexity index is 614. The molecule has 5 heteroatoms. The summed E-state index contributed by atoms with van der Waals surface area (Å²) in [7, 11) is 2.91. The molecule has 0 aliphatic heterocycles. The summed E-state index contributed by atoms with van der Waals surface area (Å²) >= 11 is 0. The number of nitrogens with one attached hydrogen (secondary N) is 1. The van der Waals surface area contributed by atoms with Gasteiger partial charge in [0.05, 0.1) is 19.9 Å². The molecule has 0 spiro atoms. The summed E-state index contributed by atoms with van der Waals surface area (Å²) in [5.74, 6) is 0.189. The average Bonchev–Trinajstić information content (AvgIpc) is 2.54. The monoisotopic (exact) mass is 286 g/mol. The van der Waals surface area contributed by atoms with Crippen LogP contribution < -0.4 is 15.8 Å². The number of carbonyl (C=O) groups is 1. The topological polar surface area (TPSA) is 73.6 Å². The Morgan fingerprint density at radius 3 is 2.48 bits per heavy atom. The Balaban J connectivity index is 2.29. The normalized spacial score (nSPS) is 11.5. The molecule has 1 unspecified atom stereocenters. The summed E-state index contributed by atoms with van der Waals surface area (Å²) in [5, 5.41) is 3.14. The molecule has 0 heterocycles. The van der Waals surface area contributed by atoms with Crippen molar-refractivity contribution in [2.45, 2.75) is 6.04 Å². The molecule has 0 bridgehead atoms.